The number of primary amides is 1. The Morgan fingerprint density at radius 3 is 2.73 bits per heavy atom. The summed E-state index contributed by atoms with van der Waals surface area (Å²) in [6, 6.07) is 9.52. The fraction of sp³-hybridized carbons (Fsp3) is 0.188. The van der Waals surface area contributed by atoms with Crippen molar-refractivity contribution >= 4 is 16.8 Å². The molecule has 1 aromatic carbocycles. The van der Waals surface area contributed by atoms with E-state index in [0.29, 0.717) is 11.3 Å². The molecule has 0 bridgehead atoms. The third-order valence-corrected chi connectivity index (χ3v) is 3.81. The number of nitrogens with zero attached hydrogens (tertiary/aromatic N) is 1. The van der Waals surface area contributed by atoms with Gasteiger partial charge in [-0.2, -0.15) is 0 Å². The molecule has 0 aliphatic rings. The number of nitrogens with two attached hydrogens (primary N) is 1. The van der Waals surface area contributed by atoms with E-state index < -0.39 is 11.8 Å². The van der Waals surface area contributed by atoms with E-state index in [1.165, 1.54) is 0 Å². The van der Waals surface area contributed by atoms with Gasteiger partial charge in [-0.1, -0.05) is 24.3 Å². The predicted octanol–water partition coefficient (Wildman–Crippen LogP) is 1.57. The van der Waals surface area contributed by atoms with Gasteiger partial charge in [0.25, 0.3) is 5.56 Å². The maximum Gasteiger partial charge on any atom is 0.267 e. The number of hydrogen-bond donors (Lipinski definition) is 3. The Hall–Kier alpha value is -2.89. The van der Waals surface area contributed by atoms with Crippen LogP contribution in [0.25, 0.3) is 10.9 Å². The zero-order chi connectivity index (χ0) is 15.7. The molecule has 3 aromatic rings. The van der Waals surface area contributed by atoms with Crippen LogP contribution in [-0.2, 0) is 4.79 Å². The van der Waals surface area contributed by atoms with Crippen molar-refractivity contribution in [3.05, 3.63) is 63.7 Å². The average Bonchev–Trinajstić information content (AvgIpc) is 2.83. The number of hydrogen-bond acceptors (Lipinski definition) is 3. The second-order valence-corrected chi connectivity index (χ2v) is 5.26. The molecular weight excluding hydrogens is 280 g/mol. The van der Waals surface area contributed by atoms with Gasteiger partial charge in [-0.25, -0.2) is 0 Å². The van der Waals surface area contributed by atoms with Crippen LogP contribution in [0.4, 0.5) is 0 Å². The molecule has 0 unspecified atom stereocenters. The molecule has 4 N–H and O–H groups in total. The summed E-state index contributed by atoms with van der Waals surface area (Å²) in [5, 5.41) is 6.31. The summed E-state index contributed by atoms with van der Waals surface area (Å²) in [6.45, 7) is 1.79. The number of aryl methyl sites for hydroxylation is 1. The SMILES string of the molecule is Cc1[nH][nH]c(=O)c1[C@H](CC(N)=O)c1cccc2cccnc12. The van der Waals surface area contributed by atoms with E-state index >= 15 is 0 Å². The number of aromatic amines is 2. The van der Waals surface area contributed by atoms with Crippen LogP contribution in [0.2, 0.25) is 0 Å². The second-order valence-electron chi connectivity index (χ2n) is 5.26. The highest BCUT2D eigenvalue weighted by Crippen LogP contribution is 2.31. The second kappa shape index (κ2) is 5.48. The molecule has 1 atom stereocenters. The van der Waals surface area contributed by atoms with Crippen molar-refractivity contribution in [3.8, 4) is 0 Å². The van der Waals surface area contributed by atoms with Crippen LogP contribution in [-0.4, -0.2) is 21.1 Å². The Bertz CT molecular complexity index is 889. The fourth-order valence-electron chi connectivity index (χ4n) is 2.85. The van der Waals surface area contributed by atoms with Crippen molar-refractivity contribution in [2.45, 2.75) is 19.3 Å². The van der Waals surface area contributed by atoms with Crippen molar-refractivity contribution in [1.29, 1.82) is 0 Å². The summed E-state index contributed by atoms with van der Waals surface area (Å²) >= 11 is 0. The Labute approximate surface area is 126 Å². The largest absolute Gasteiger partial charge is 0.370 e. The van der Waals surface area contributed by atoms with Crippen LogP contribution >= 0.6 is 0 Å². The Balaban J connectivity index is 2.25. The standard InChI is InChI=1S/C16H16N4O2/c1-9-14(16(22)20-19-9)12(8-13(17)21)11-6-2-4-10-5-3-7-18-15(10)11/h2-7,12H,8H2,1H3,(H2,17,21)(H2,19,20,22)/t12-/m1/s1. The molecule has 22 heavy (non-hydrogen) atoms. The van der Waals surface area contributed by atoms with E-state index in [1.54, 1.807) is 13.1 Å². The molecule has 2 heterocycles. The first kappa shape index (κ1) is 14.1. The van der Waals surface area contributed by atoms with Gasteiger partial charge < -0.3 is 10.8 Å². The summed E-state index contributed by atoms with van der Waals surface area (Å²) in [6.07, 6.45) is 1.75. The highest BCUT2D eigenvalue weighted by atomic mass is 16.1. The number of amides is 1. The Morgan fingerprint density at radius 2 is 2.05 bits per heavy atom. The lowest BCUT2D eigenvalue weighted by molar-refractivity contribution is -0.118. The molecule has 3 rings (SSSR count). The highest BCUT2D eigenvalue weighted by Gasteiger charge is 2.25. The van der Waals surface area contributed by atoms with E-state index in [9.17, 15) is 9.59 Å². The van der Waals surface area contributed by atoms with Gasteiger partial charge in [0.05, 0.1) is 5.52 Å². The molecule has 0 aliphatic carbocycles. The highest BCUT2D eigenvalue weighted by molar-refractivity contribution is 5.84. The third-order valence-electron chi connectivity index (χ3n) is 3.81. The van der Waals surface area contributed by atoms with E-state index in [2.05, 4.69) is 15.2 Å². The number of rotatable bonds is 4. The van der Waals surface area contributed by atoms with Gasteiger partial charge in [-0.05, 0) is 18.6 Å². The molecule has 0 spiro atoms. The molecule has 0 radical (unpaired) electrons. The fourth-order valence-corrected chi connectivity index (χ4v) is 2.85. The monoisotopic (exact) mass is 296 g/mol. The summed E-state index contributed by atoms with van der Waals surface area (Å²) < 4.78 is 0. The maximum atomic E-state index is 12.1. The van der Waals surface area contributed by atoms with Gasteiger partial charge in [-0.15, -0.1) is 0 Å². The van der Waals surface area contributed by atoms with Crippen molar-refractivity contribution in [2.24, 2.45) is 5.73 Å². The van der Waals surface area contributed by atoms with Gasteiger partial charge in [0.15, 0.2) is 0 Å². The summed E-state index contributed by atoms with van der Waals surface area (Å²) in [5.74, 6) is -0.885. The summed E-state index contributed by atoms with van der Waals surface area (Å²) in [4.78, 5) is 28.0. The number of aromatic nitrogens is 3. The predicted molar refractivity (Wildman–Crippen MR) is 83.5 cm³/mol. The Morgan fingerprint density at radius 1 is 1.27 bits per heavy atom. The molecule has 2 aromatic heterocycles. The summed E-state index contributed by atoms with van der Waals surface area (Å²) in [7, 11) is 0. The van der Waals surface area contributed by atoms with E-state index in [-0.39, 0.29) is 12.0 Å². The molecule has 0 aliphatic heterocycles. The molecule has 0 fully saturated rings. The van der Waals surface area contributed by atoms with Crippen molar-refractivity contribution in [1.82, 2.24) is 15.2 Å². The van der Waals surface area contributed by atoms with Crippen molar-refractivity contribution in [2.75, 3.05) is 0 Å². The lowest BCUT2D eigenvalue weighted by Gasteiger charge is -2.16. The molecule has 6 heteroatoms. The van der Waals surface area contributed by atoms with Crippen LogP contribution < -0.4 is 11.3 Å². The van der Waals surface area contributed by atoms with Crippen LogP contribution in [0.1, 0.15) is 29.2 Å². The number of pyridine rings is 1. The first-order chi connectivity index (χ1) is 10.6. The lowest BCUT2D eigenvalue weighted by atomic mass is 9.87. The molecule has 112 valence electrons. The summed E-state index contributed by atoms with van der Waals surface area (Å²) in [5.41, 5.74) is 7.98. The van der Waals surface area contributed by atoms with Gasteiger partial charge in [0.1, 0.15) is 0 Å². The molecular formula is C16H16N4O2. The number of nitrogens with one attached hydrogen (secondary N) is 2. The van der Waals surface area contributed by atoms with E-state index in [4.69, 9.17) is 5.73 Å². The van der Waals surface area contributed by atoms with Crippen molar-refractivity contribution in [3.63, 3.8) is 0 Å². The minimum Gasteiger partial charge on any atom is -0.370 e. The number of carbonyl (C=O) groups excluding carboxylic acids is 1. The Kier molecular flexibility index (Phi) is 3.50. The first-order valence-electron chi connectivity index (χ1n) is 6.97. The van der Waals surface area contributed by atoms with Crippen LogP contribution in [0.3, 0.4) is 0 Å². The zero-order valence-corrected chi connectivity index (χ0v) is 12.1. The van der Waals surface area contributed by atoms with Crippen LogP contribution in [0.15, 0.2) is 41.3 Å². The maximum absolute atomic E-state index is 12.1. The lowest BCUT2D eigenvalue weighted by Crippen LogP contribution is -2.21. The van der Waals surface area contributed by atoms with Crippen LogP contribution in [0, 0.1) is 6.92 Å². The smallest absolute Gasteiger partial charge is 0.267 e. The van der Waals surface area contributed by atoms with E-state index in [0.717, 1.165) is 16.5 Å². The molecule has 0 saturated carbocycles. The number of carbonyl (C=O) groups is 1. The first-order valence-corrected chi connectivity index (χ1v) is 6.97. The molecule has 0 saturated heterocycles. The zero-order valence-electron chi connectivity index (χ0n) is 12.1. The van der Waals surface area contributed by atoms with Crippen molar-refractivity contribution < 1.29 is 4.79 Å². The van der Waals surface area contributed by atoms with Gasteiger partial charge >= 0.3 is 0 Å². The van der Waals surface area contributed by atoms with Gasteiger partial charge in [0.2, 0.25) is 5.91 Å². The third kappa shape index (κ3) is 2.39. The van der Waals surface area contributed by atoms with Gasteiger partial charge in [-0.3, -0.25) is 19.7 Å². The number of H-pyrrole nitrogens is 2. The minimum absolute atomic E-state index is 0.0530. The minimum atomic E-state index is -0.460. The van der Waals surface area contributed by atoms with E-state index in [1.807, 2.05) is 30.3 Å². The van der Waals surface area contributed by atoms with Crippen LogP contribution in [0.5, 0.6) is 0 Å². The topological polar surface area (TPSA) is 105 Å². The normalized spacial score (nSPS) is 12.4. The molecule has 1 amide bonds. The molecule has 6 nitrogen and oxygen atoms in total. The average molecular weight is 296 g/mol. The number of para-hydroxylation sites is 1. The number of benzene rings is 1. The van der Waals surface area contributed by atoms with Gasteiger partial charge in [0, 0.05) is 35.2 Å². The number of fused-ring (bicyclic) bond motifs is 1. The quantitative estimate of drug-likeness (QED) is 0.680.